The number of rotatable bonds is 6. The Morgan fingerprint density at radius 2 is 1.38 bits per heavy atom. The van der Waals surface area contributed by atoms with Crippen molar-refractivity contribution in [2.75, 3.05) is 13.1 Å². The smallest absolute Gasteiger partial charge is 0.223 e. The van der Waals surface area contributed by atoms with E-state index in [1.54, 1.807) is 13.8 Å². The fourth-order valence-corrected chi connectivity index (χ4v) is 2.45. The average Bonchev–Trinajstić information content (AvgIpc) is 2.98. The highest BCUT2D eigenvalue weighted by Gasteiger charge is 2.37. The van der Waals surface area contributed by atoms with Crippen LogP contribution in [0, 0.1) is 46.3 Å². The van der Waals surface area contributed by atoms with Gasteiger partial charge in [0.1, 0.15) is 0 Å². The number of hydrogen-bond acceptors (Lipinski definition) is 4. The molecule has 0 radical (unpaired) electrons. The van der Waals surface area contributed by atoms with Gasteiger partial charge in [0.25, 0.3) is 0 Å². The molecule has 0 aromatic carbocycles. The summed E-state index contributed by atoms with van der Waals surface area (Å²) in [4.78, 5) is 24.2. The van der Waals surface area contributed by atoms with E-state index in [2.05, 4.69) is 22.8 Å². The van der Waals surface area contributed by atoms with Gasteiger partial charge in [0.2, 0.25) is 11.8 Å². The van der Waals surface area contributed by atoms with Crippen molar-refractivity contribution >= 4 is 11.8 Å². The zero-order valence-corrected chi connectivity index (χ0v) is 12.6. The van der Waals surface area contributed by atoms with Crippen LogP contribution in [0.5, 0.6) is 0 Å². The highest BCUT2D eigenvalue weighted by molar-refractivity contribution is 5.88. The van der Waals surface area contributed by atoms with Gasteiger partial charge in [-0.25, -0.2) is 0 Å². The van der Waals surface area contributed by atoms with Gasteiger partial charge in [-0.1, -0.05) is 6.42 Å². The van der Waals surface area contributed by atoms with Crippen molar-refractivity contribution in [2.24, 2.45) is 23.7 Å². The largest absolute Gasteiger partial charge is 0.355 e. The van der Waals surface area contributed by atoms with Crippen LogP contribution in [0.1, 0.15) is 33.1 Å². The first kappa shape index (κ1) is 17.0. The summed E-state index contributed by atoms with van der Waals surface area (Å²) >= 11 is 0. The molecule has 1 saturated carbocycles. The Balaban J connectivity index is 2.51. The van der Waals surface area contributed by atoms with Crippen molar-refractivity contribution in [2.45, 2.75) is 33.1 Å². The molecule has 2 N–H and O–H groups in total. The standard InChI is InChI=1S/C15H22N4O2/c1-10(6-16)8-18-14(20)12-4-3-5-13(12)15(21)19-9-11(2)7-17/h10-13H,3-5,8-9H2,1-2H3,(H,18,20)(H,19,21)/t10-,11-,12-,13-/m1/s1. The Bertz CT molecular complexity index is 421. The van der Waals surface area contributed by atoms with Crippen molar-refractivity contribution in [3.63, 3.8) is 0 Å². The molecular weight excluding hydrogens is 268 g/mol. The van der Waals surface area contributed by atoms with E-state index >= 15 is 0 Å². The summed E-state index contributed by atoms with van der Waals surface area (Å²) in [6, 6.07) is 4.12. The minimum atomic E-state index is -0.326. The van der Waals surface area contributed by atoms with Crippen molar-refractivity contribution in [3.8, 4) is 12.1 Å². The molecule has 2 amide bonds. The third-order valence-corrected chi connectivity index (χ3v) is 3.80. The minimum absolute atomic E-state index is 0.150. The second-order valence-electron chi connectivity index (χ2n) is 5.69. The summed E-state index contributed by atoms with van der Waals surface area (Å²) in [5.74, 6) is -1.43. The summed E-state index contributed by atoms with van der Waals surface area (Å²) in [6.45, 7) is 4.10. The van der Waals surface area contributed by atoms with E-state index in [1.165, 1.54) is 0 Å². The van der Waals surface area contributed by atoms with Gasteiger partial charge in [-0.3, -0.25) is 9.59 Å². The summed E-state index contributed by atoms with van der Waals surface area (Å²) in [5.41, 5.74) is 0. The Hall–Kier alpha value is -2.08. The second-order valence-corrected chi connectivity index (χ2v) is 5.69. The zero-order chi connectivity index (χ0) is 15.8. The van der Waals surface area contributed by atoms with E-state index in [1.807, 2.05) is 0 Å². The number of nitrogens with zero attached hydrogens (tertiary/aromatic N) is 2. The third-order valence-electron chi connectivity index (χ3n) is 3.80. The van der Waals surface area contributed by atoms with Gasteiger partial charge in [0, 0.05) is 24.9 Å². The molecule has 6 nitrogen and oxygen atoms in total. The number of hydrogen-bond donors (Lipinski definition) is 2. The van der Waals surface area contributed by atoms with Crippen molar-refractivity contribution in [1.29, 1.82) is 10.5 Å². The molecule has 0 aromatic rings. The van der Waals surface area contributed by atoms with E-state index < -0.39 is 0 Å². The first-order valence-corrected chi connectivity index (χ1v) is 7.34. The van der Waals surface area contributed by atoms with Crippen LogP contribution in [0.15, 0.2) is 0 Å². The summed E-state index contributed by atoms with van der Waals surface area (Å²) in [7, 11) is 0. The lowest BCUT2D eigenvalue weighted by atomic mass is 9.94. The average molecular weight is 290 g/mol. The molecule has 0 saturated heterocycles. The van der Waals surface area contributed by atoms with Gasteiger partial charge in [-0.2, -0.15) is 10.5 Å². The van der Waals surface area contributed by atoms with Crippen LogP contribution in [-0.4, -0.2) is 24.9 Å². The van der Waals surface area contributed by atoms with E-state index in [0.717, 1.165) is 6.42 Å². The van der Waals surface area contributed by atoms with Crippen molar-refractivity contribution in [3.05, 3.63) is 0 Å². The molecule has 0 aliphatic heterocycles. The molecule has 6 heteroatoms. The SMILES string of the molecule is C[C@H](C#N)CNC(=O)[C@@H]1CCC[C@H]1C(=O)NC[C@H](C)C#N. The first-order chi connectivity index (χ1) is 9.99. The van der Waals surface area contributed by atoms with Crippen LogP contribution >= 0.6 is 0 Å². The van der Waals surface area contributed by atoms with Crippen molar-refractivity contribution < 1.29 is 9.59 Å². The molecule has 0 spiro atoms. The second kappa shape index (κ2) is 8.26. The monoisotopic (exact) mass is 290 g/mol. The van der Waals surface area contributed by atoms with E-state index in [9.17, 15) is 9.59 Å². The molecule has 0 aromatic heterocycles. The lowest BCUT2D eigenvalue weighted by Gasteiger charge is -2.19. The maximum Gasteiger partial charge on any atom is 0.223 e. The minimum Gasteiger partial charge on any atom is -0.355 e. The Labute approximate surface area is 125 Å². The topological polar surface area (TPSA) is 106 Å². The van der Waals surface area contributed by atoms with Gasteiger partial charge < -0.3 is 10.6 Å². The lowest BCUT2D eigenvalue weighted by Crippen LogP contribution is -2.41. The van der Waals surface area contributed by atoms with Crippen LogP contribution in [0.3, 0.4) is 0 Å². The Morgan fingerprint density at radius 1 is 1.00 bits per heavy atom. The Morgan fingerprint density at radius 3 is 1.71 bits per heavy atom. The van der Waals surface area contributed by atoms with Crippen LogP contribution < -0.4 is 10.6 Å². The highest BCUT2D eigenvalue weighted by Crippen LogP contribution is 2.32. The van der Waals surface area contributed by atoms with Gasteiger partial charge in [-0.05, 0) is 26.7 Å². The molecule has 1 aliphatic carbocycles. The predicted octanol–water partition coefficient (Wildman–Crippen LogP) is 0.954. The van der Waals surface area contributed by atoms with Crippen LogP contribution in [0.4, 0.5) is 0 Å². The van der Waals surface area contributed by atoms with Gasteiger partial charge in [-0.15, -0.1) is 0 Å². The fourth-order valence-electron chi connectivity index (χ4n) is 2.45. The molecule has 114 valence electrons. The fraction of sp³-hybridized carbons (Fsp3) is 0.733. The Kier molecular flexibility index (Phi) is 6.68. The highest BCUT2D eigenvalue weighted by atomic mass is 16.2. The number of carbonyl (C=O) groups is 2. The normalized spacial score (nSPS) is 23.4. The zero-order valence-electron chi connectivity index (χ0n) is 12.6. The van der Waals surface area contributed by atoms with E-state index in [4.69, 9.17) is 10.5 Å². The lowest BCUT2D eigenvalue weighted by molar-refractivity contribution is -0.133. The molecule has 4 atom stereocenters. The van der Waals surface area contributed by atoms with Gasteiger partial charge in [0.05, 0.1) is 24.0 Å². The van der Waals surface area contributed by atoms with Gasteiger partial charge >= 0.3 is 0 Å². The number of nitrogens with one attached hydrogen (secondary N) is 2. The molecule has 1 fully saturated rings. The summed E-state index contributed by atoms with van der Waals surface area (Å²) < 4.78 is 0. The van der Waals surface area contributed by atoms with E-state index in [-0.39, 0.29) is 35.5 Å². The van der Waals surface area contributed by atoms with Gasteiger partial charge in [0.15, 0.2) is 0 Å². The van der Waals surface area contributed by atoms with E-state index in [0.29, 0.717) is 25.9 Å². The van der Waals surface area contributed by atoms with Crippen molar-refractivity contribution in [1.82, 2.24) is 10.6 Å². The number of nitriles is 2. The molecular formula is C15H22N4O2. The quantitative estimate of drug-likeness (QED) is 0.759. The molecule has 0 bridgehead atoms. The van der Waals surface area contributed by atoms with Crippen LogP contribution in [0.25, 0.3) is 0 Å². The van der Waals surface area contributed by atoms with Crippen LogP contribution in [0.2, 0.25) is 0 Å². The van der Waals surface area contributed by atoms with Crippen LogP contribution in [-0.2, 0) is 9.59 Å². The maximum atomic E-state index is 12.1. The maximum absolute atomic E-state index is 12.1. The predicted molar refractivity (Wildman–Crippen MR) is 76.4 cm³/mol. The first-order valence-electron chi connectivity index (χ1n) is 7.34. The summed E-state index contributed by atoms with van der Waals surface area (Å²) in [5, 5.41) is 22.9. The molecule has 0 heterocycles. The third kappa shape index (κ3) is 5.07. The summed E-state index contributed by atoms with van der Waals surface area (Å²) in [6.07, 6.45) is 2.23. The molecule has 0 unspecified atom stereocenters. The molecule has 1 aliphatic rings. The number of carbonyl (C=O) groups excluding carboxylic acids is 2. The molecule has 21 heavy (non-hydrogen) atoms. The number of amides is 2. The molecule has 1 rings (SSSR count).